The number of hydrogen-bond acceptors (Lipinski definition) is 5. The smallest absolute Gasteiger partial charge is 0.379 e. The van der Waals surface area contributed by atoms with E-state index >= 15 is 0 Å². The van der Waals surface area contributed by atoms with Gasteiger partial charge in [-0.05, 0) is 13.3 Å². The predicted molar refractivity (Wildman–Crippen MR) is 97.9 cm³/mol. The van der Waals surface area contributed by atoms with Crippen molar-refractivity contribution in [2.75, 3.05) is 46.4 Å². The fourth-order valence-corrected chi connectivity index (χ4v) is 4.00. The number of imide groups is 1. The molecule has 0 aromatic carbocycles. The van der Waals surface area contributed by atoms with Crippen molar-refractivity contribution < 1.29 is 18.9 Å². The van der Waals surface area contributed by atoms with Gasteiger partial charge in [-0.15, -0.1) is 0 Å². The van der Waals surface area contributed by atoms with Crippen LogP contribution in [-0.4, -0.2) is 83.5 Å². The van der Waals surface area contributed by atoms with Crippen LogP contribution >= 0.6 is 0 Å². The fraction of sp³-hybridized carbons (Fsp3) is 0.667. The number of hydrogen-bond donors (Lipinski definition) is 0. The molecule has 1 unspecified atom stereocenters. The van der Waals surface area contributed by atoms with Crippen LogP contribution in [0.5, 0.6) is 0 Å². The van der Waals surface area contributed by atoms with Crippen LogP contribution in [0.2, 0.25) is 0 Å². The van der Waals surface area contributed by atoms with E-state index in [0.717, 1.165) is 37.7 Å². The lowest BCUT2D eigenvalue weighted by Crippen LogP contribution is -2.63. The van der Waals surface area contributed by atoms with Crippen LogP contribution in [0.15, 0.2) is 11.2 Å². The van der Waals surface area contributed by atoms with Crippen molar-refractivity contribution in [2.45, 2.75) is 32.9 Å². The first-order valence-corrected chi connectivity index (χ1v) is 9.62. The molecule has 1 atom stereocenters. The zero-order valence-electron chi connectivity index (χ0n) is 16.2. The number of aryl methyl sites for hydroxylation is 1. The Morgan fingerprint density at radius 2 is 1.96 bits per heavy atom. The van der Waals surface area contributed by atoms with Crippen LogP contribution in [-0.2, 0) is 16.1 Å². The van der Waals surface area contributed by atoms with Crippen molar-refractivity contribution in [1.82, 2.24) is 19.3 Å². The van der Waals surface area contributed by atoms with E-state index in [4.69, 9.17) is 4.74 Å². The maximum atomic E-state index is 13.2. The molecule has 0 bridgehead atoms. The third-order valence-corrected chi connectivity index (χ3v) is 5.51. The summed E-state index contributed by atoms with van der Waals surface area (Å²) in [7, 11) is 1.70. The highest BCUT2D eigenvalue weighted by Crippen LogP contribution is 2.29. The molecule has 27 heavy (non-hydrogen) atoms. The molecule has 2 fully saturated rings. The molecule has 4 rings (SSSR count). The Labute approximate surface area is 158 Å². The molecule has 1 aromatic heterocycles. The van der Waals surface area contributed by atoms with Crippen molar-refractivity contribution in [3.05, 3.63) is 11.9 Å². The molecule has 2 saturated heterocycles. The van der Waals surface area contributed by atoms with Gasteiger partial charge in [0.1, 0.15) is 11.9 Å². The first kappa shape index (κ1) is 18.1. The predicted octanol–water partition coefficient (Wildman–Crippen LogP) is 0.305. The van der Waals surface area contributed by atoms with Gasteiger partial charge in [0, 0.05) is 33.2 Å². The summed E-state index contributed by atoms with van der Waals surface area (Å²) in [6.07, 6.45) is 2.94. The molecule has 3 aliphatic heterocycles. The number of amides is 3. The van der Waals surface area contributed by atoms with E-state index in [2.05, 4.69) is 21.4 Å². The van der Waals surface area contributed by atoms with Crippen LogP contribution in [0.4, 0.5) is 10.7 Å². The van der Waals surface area contributed by atoms with E-state index in [1.54, 1.807) is 7.05 Å². The molecule has 3 amide bonds. The van der Waals surface area contributed by atoms with Gasteiger partial charge in [-0.2, -0.15) is 0 Å². The van der Waals surface area contributed by atoms with Crippen molar-refractivity contribution in [2.24, 2.45) is 4.99 Å². The molecule has 0 spiro atoms. The number of morpholine rings is 1. The molecule has 0 saturated carbocycles. The number of aromatic nitrogens is 2. The Bertz CT molecular complexity index is 795. The van der Waals surface area contributed by atoms with E-state index in [-0.39, 0.29) is 11.9 Å². The Morgan fingerprint density at radius 3 is 2.67 bits per heavy atom. The lowest BCUT2D eigenvalue weighted by atomic mass is 10.1. The molecular weight excluding hydrogens is 348 g/mol. The summed E-state index contributed by atoms with van der Waals surface area (Å²) >= 11 is 0. The summed E-state index contributed by atoms with van der Waals surface area (Å²) in [6, 6.07) is -0.850. The number of likely N-dealkylation sites (N-methyl/N-ethyl adjacent to an activating group) is 1. The van der Waals surface area contributed by atoms with Crippen molar-refractivity contribution in [1.29, 1.82) is 0 Å². The zero-order valence-corrected chi connectivity index (χ0v) is 16.2. The molecule has 1 aromatic rings. The minimum absolute atomic E-state index is 0.192. The molecule has 4 heterocycles. The molecule has 0 aliphatic carbocycles. The molecular formula is C18H27N6O3+. The van der Waals surface area contributed by atoms with E-state index < -0.39 is 6.04 Å². The van der Waals surface area contributed by atoms with E-state index in [9.17, 15) is 9.59 Å². The molecule has 9 nitrogen and oxygen atoms in total. The summed E-state index contributed by atoms with van der Waals surface area (Å²) in [6.45, 7) is 9.09. The van der Waals surface area contributed by atoms with Gasteiger partial charge in [0.15, 0.2) is 0 Å². The summed E-state index contributed by atoms with van der Waals surface area (Å²) in [5.74, 6) is 1.08. The van der Waals surface area contributed by atoms with E-state index in [1.165, 1.54) is 9.80 Å². The Balaban J connectivity index is 1.58. The number of aliphatic imine (C=N–C) groups is 1. The summed E-state index contributed by atoms with van der Waals surface area (Å²) in [5.41, 5.74) is 1.07. The number of imidazole rings is 1. The first-order valence-electron chi connectivity index (χ1n) is 9.62. The van der Waals surface area contributed by atoms with Gasteiger partial charge in [-0.3, -0.25) is 19.5 Å². The number of amidine groups is 1. The molecule has 9 heteroatoms. The van der Waals surface area contributed by atoms with Crippen LogP contribution < -0.4 is 4.57 Å². The lowest BCUT2D eigenvalue weighted by molar-refractivity contribution is -0.677. The summed E-state index contributed by atoms with van der Waals surface area (Å²) in [5, 5.41) is 0. The monoisotopic (exact) mass is 375 g/mol. The van der Waals surface area contributed by atoms with Gasteiger partial charge < -0.3 is 4.74 Å². The van der Waals surface area contributed by atoms with Gasteiger partial charge in [0.25, 0.3) is 5.91 Å². The topological polar surface area (TPSA) is 74.3 Å². The average molecular weight is 375 g/mol. The SMILES string of the molecule is CCCn1c(C)c[n+]2c1N=C1C2C(=O)N(CCN2CCOCC2)C(=O)N1C. The van der Waals surface area contributed by atoms with Crippen LogP contribution in [0, 0.1) is 6.92 Å². The fourth-order valence-electron chi connectivity index (χ4n) is 4.00. The van der Waals surface area contributed by atoms with E-state index in [0.29, 0.717) is 32.1 Å². The maximum Gasteiger partial charge on any atom is 0.401 e. The van der Waals surface area contributed by atoms with Crippen molar-refractivity contribution >= 4 is 23.7 Å². The second kappa shape index (κ2) is 7.05. The summed E-state index contributed by atoms with van der Waals surface area (Å²) < 4.78 is 9.38. The Kier molecular flexibility index (Phi) is 4.73. The van der Waals surface area contributed by atoms with Crippen molar-refractivity contribution in [3.8, 4) is 0 Å². The maximum absolute atomic E-state index is 13.2. The number of urea groups is 1. The normalized spacial score (nSPS) is 22.9. The quantitative estimate of drug-likeness (QED) is 0.694. The second-order valence-corrected chi connectivity index (χ2v) is 7.29. The lowest BCUT2D eigenvalue weighted by Gasteiger charge is -2.35. The number of rotatable bonds is 5. The zero-order chi connectivity index (χ0) is 19.1. The van der Waals surface area contributed by atoms with Crippen LogP contribution in [0.25, 0.3) is 0 Å². The molecule has 3 aliphatic rings. The number of carbonyl (C=O) groups is 2. The van der Waals surface area contributed by atoms with Crippen LogP contribution in [0.1, 0.15) is 25.1 Å². The largest absolute Gasteiger partial charge is 0.401 e. The number of ether oxygens (including phenoxy) is 1. The minimum atomic E-state index is -0.552. The third-order valence-electron chi connectivity index (χ3n) is 5.51. The highest BCUT2D eigenvalue weighted by molar-refractivity contribution is 6.19. The standard InChI is InChI=1S/C18H27N6O3/c1-4-5-22-13(2)12-24-14-15(19-17(22)24)20(3)18(26)23(16(14)25)7-6-21-8-10-27-11-9-21/h12,14H,4-11H2,1-3H3/q+1. The van der Waals surface area contributed by atoms with Gasteiger partial charge in [0.05, 0.1) is 19.8 Å². The van der Waals surface area contributed by atoms with Crippen molar-refractivity contribution in [3.63, 3.8) is 0 Å². The van der Waals surface area contributed by atoms with Gasteiger partial charge >= 0.3 is 12.0 Å². The number of fused-ring (bicyclic) bond motifs is 3. The minimum Gasteiger partial charge on any atom is -0.379 e. The van der Waals surface area contributed by atoms with Gasteiger partial charge in [-0.1, -0.05) is 11.9 Å². The third kappa shape index (κ3) is 2.94. The Morgan fingerprint density at radius 1 is 1.22 bits per heavy atom. The van der Waals surface area contributed by atoms with E-state index in [1.807, 2.05) is 17.7 Å². The second-order valence-electron chi connectivity index (χ2n) is 7.29. The van der Waals surface area contributed by atoms with Crippen LogP contribution in [0.3, 0.4) is 0 Å². The van der Waals surface area contributed by atoms with Gasteiger partial charge in [-0.25, -0.2) is 13.9 Å². The number of carbonyl (C=O) groups excluding carboxylic acids is 2. The van der Waals surface area contributed by atoms with Gasteiger partial charge in [0.2, 0.25) is 11.9 Å². The number of nitrogens with zero attached hydrogens (tertiary/aromatic N) is 6. The Hall–Kier alpha value is -2.26. The molecule has 0 N–H and O–H groups in total. The summed E-state index contributed by atoms with van der Waals surface area (Å²) in [4.78, 5) is 35.8. The first-order chi connectivity index (χ1) is 13.0. The highest BCUT2D eigenvalue weighted by Gasteiger charge is 2.52. The highest BCUT2D eigenvalue weighted by atomic mass is 16.5. The average Bonchev–Trinajstić information content (AvgIpc) is 3.17. The molecule has 146 valence electrons. The molecule has 0 radical (unpaired) electrons.